The van der Waals surface area contributed by atoms with Gasteiger partial charge in [0.2, 0.25) is 0 Å². The number of hydrogen-bond donors (Lipinski definition) is 1. The van der Waals surface area contributed by atoms with Gasteiger partial charge < -0.3 is 10.1 Å². The fraction of sp³-hybridized carbons (Fsp3) is 0.263. The van der Waals surface area contributed by atoms with Gasteiger partial charge >= 0.3 is 5.97 Å². The van der Waals surface area contributed by atoms with E-state index < -0.39 is 6.10 Å². The highest BCUT2D eigenvalue weighted by Crippen LogP contribution is 2.33. The van der Waals surface area contributed by atoms with Gasteiger partial charge in [-0.3, -0.25) is 9.59 Å². The standard InChI is InChI=1S/C19H19NO3S/c1-13(23-19(22)14-11-12-14)18(21)20-16-9-5-6-10-17(16)24-15-7-3-2-4-8-15/h2-10,13-14H,11-12H2,1H3,(H,20,21)/t13-/m1/s1. The van der Waals surface area contributed by atoms with E-state index in [0.717, 1.165) is 22.6 Å². The molecule has 0 radical (unpaired) electrons. The first-order chi connectivity index (χ1) is 11.6. The molecule has 3 rings (SSSR count). The largest absolute Gasteiger partial charge is 0.452 e. The van der Waals surface area contributed by atoms with Crippen molar-refractivity contribution in [3.63, 3.8) is 0 Å². The molecule has 0 aliphatic heterocycles. The molecule has 2 aromatic rings. The van der Waals surface area contributed by atoms with E-state index in [1.165, 1.54) is 0 Å². The summed E-state index contributed by atoms with van der Waals surface area (Å²) in [6.07, 6.45) is 0.931. The summed E-state index contributed by atoms with van der Waals surface area (Å²) in [6, 6.07) is 17.5. The first-order valence-electron chi connectivity index (χ1n) is 7.97. The summed E-state index contributed by atoms with van der Waals surface area (Å²) in [5, 5.41) is 2.86. The van der Waals surface area contributed by atoms with Crippen LogP contribution in [0.1, 0.15) is 19.8 Å². The van der Waals surface area contributed by atoms with Crippen LogP contribution in [-0.4, -0.2) is 18.0 Å². The average molecular weight is 341 g/mol. The molecule has 1 saturated carbocycles. The topological polar surface area (TPSA) is 55.4 Å². The van der Waals surface area contributed by atoms with Crippen molar-refractivity contribution in [3.8, 4) is 0 Å². The number of amides is 1. The highest BCUT2D eigenvalue weighted by molar-refractivity contribution is 7.99. The molecule has 0 saturated heterocycles. The maximum atomic E-state index is 12.3. The summed E-state index contributed by atoms with van der Waals surface area (Å²) in [6.45, 7) is 1.60. The van der Waals surface area contributed by atoms with Gasteiger partial charge in [-0.05, 0) is 44.0 Å². The molecule has 0 unspecified atom stereocenters. The molecule has 0 spiro atoms. The Balaban J connectivity index is 1.65. The van der Waals surface area contributed by atoms with E-state index in [0.29, 0.717) is 5.69 Å². The normalized spacial score (nSPS) is 14.7. The molecule has 0 aromatic heterocycles. The third-order valence-corrected chi connectivity index (χ3v) is 4.77. The summed E-state index contributed by atoms with van der Waals surface area (Å²) in [7, 11) is 0. The molecular formula is C19H19NO3S. The lowest BCUT2D eigenvalue weighted by atomic mass is 10.3. The van der Waals surface area contributed by atoms with Gasteiger partial charge in [-0.25, -0.2) is 0 Å². The molecule has 0 heterocycles. The number of anilines is 1. The number of rotatable bonds is 6. The van der Waals surface area contributed by atoms with Crippen molar-refractivity contribution in [1.82, 2.24) is 0 Å². The fourth-order valence-electron chi connectivity index (χ4n) is 2.15. The summed E-state index contributed by atoms with van der Waals surface area (Å²) in [4.78, 5) is 26.0. The van der Waals surface area contributed by atoms with E-state index in [2.05, 4.69) is 5.32 Å². The minimum absolute atomic E-state index is 0.0128. The summed E-state index contributed by atoms with van der Waals surface area (Å²) >= 11 is 1.57. The number of carbonyl (C=O) groups excluding carboxylic acids is 2. The Morgan fingerprint density at radius 2 is 1.75 bits per heavy atom. The number of benzene rings is 2. The van der Waals surface area contributed by atoms with Crippen LogP contribution in [0.5, 0.6) is 0 Å². The van der Waals surface area contributed by atoms with Gasteiger partial charge in [0.15, 0.2) is 6.10 Å². The van der Waals surface area contributed by atoms with Crippen LogP contribution >= 0.6 is 11.8 Å². The van der Waals surface area contributed by atoms with Crippen molar-refractivity contribution in [2.24, 2.45) is 5.92 Å². The second-order valence-electron chi connectivity index (χ2n) is 5.75. The van der Waals surface area contributed by atoms with Gasteiger partial charge in [0.05, 0.1) is 11.6 Å². The van der Waals surface area contributed by atoms with Crippen molar-refractivity contribution in [2.45, 2.75) is 35.7 Å². The monoisotopic (exact) mass is 341 g/mol. The zero-order valence-electron chi connectivity index (χ0n) is 13.4. The number of esters is 1. The highest BCUT2D eigenvalue weighted by atomic mass is 32.2. The van der Waals surface area contributed by atoms with Crippen molar-refractivity contribution in [3.05, 3.63) is 54.6 Å². The van der Waals surface area contributed by atoms with E-state index in [1.54, 1.807) is 18.7 Å². The lowest BCUT2D eigenvalue weighted by Gasteiger charge is -2.15. The smallest absolute Gasteiger partial charge is 0.309 e. The first kappa shape index (κ1) is 16.6. The van der Waals surface area contributed by atoms with E-state index >= 15 is 0 Å². The zero-order valence-corrected chi connectivity index (χ0v) is 14.2. The molecule has 1 amide bonds. The van der Waals surface area contributed by atoms with Crippen LogP contribution in [0, 0.1) is 5.92 Å². The van der Waals surface area contributed by atoms with E-state index in [4.69, 9.17) is 4.74 Å². The maximum Gasteiger partial charge on any atom is 0.309 e. The summed E-state index contributed by atoms with van der Waals surface area (Å²) in [5.41, 5.74) is 0.714. The van der Waals surface area contributed by atoms with Crippen LogP contribution < -0.4 is 5.32 Å². The molecule has 124 valence electrons. The third-order valence-electron chi connectivity index (χ3n) is 3.69. The molecule has 1 N–H and O–H groups in total. The van der Waals surface area contributed by atoms with Crippen molar-refractivity contribution in [1.29, 1.82) is 0 Å². The van der Waals surface area contributed by atoms with Crippen molar-refractivity contribution < 1.29 is 14.3 Å². The van der Waals surface area contributed by atoms with Crippen LogP contribution in [0.2, 0.25) is 0 Å². The van der Waals surface area contributed by atoms with E-state index in [1.807, 2.05) is 54.6 Å². The maximum absolute atomic E-state index is 12.3. The van der Waals surface area contributed by atoms with Gasteiger partial charge in [0.1, 0.15) is 0 Å². The number of para-hydroxylation sites is 1. The number of ether oxygens (including phenoxy) is 1. The van der Waals surface area contributed by atoms with Crippen LogP contribution in [0.25, 0.3) is 0 Å². The van der Waals surface area contributed by atoms with Crippen LogP contribution in [0.15, 0.2) is 64.4 Å². The average Bonchev–Trinajstić information content (AvgIpc) is 3.42. The van der Waals surface area contributed by atoms with E-state index in [-0.39, 0.29) is 17.8 Å². The molecular weight excluding hydrogens is 322 g/mol. The van der Waals surface area contributed by atoms with Gasteiger partial charge in [0, 0.05) is 9.79 Å². The van der Waals surface area contributed by atoms with Gasteiger partial charge in [-0.15, -0.1) is 0 Å². The van der Waals surface area contributed by atoms with Gasteiger partial charge in [0.25, 0.3) is 5.91 Å². The molecule has 24 heavy (non-hydrogen) atoms. The van der Waals surface area contributed by atoms with Crippen LogP contribution in [-0.2, 0) is 14.3 Å². The van der Waals surface area contributed by atoms with Crippen molar-refractivity contribution in [2.75, 3.05) is 5.32 Å². The Hall–Kier alpha value is -2.27. The lowest BCUT2D eigenvalue weighted by Crippen LogP contribution is -2.30. The van der Waals surface area contributed by atoms with Crippen LogP contribution in [0.4, 0.5) is 5.69 Å². The van der Waals surface area contributed by atoms with Crippen LogP contribution in [0.3, 0.4) is 0 Å². The predicted molar refractivity (Wildman–Crippen MR) is 93.9 cm³/mol. The summed E-state index contributed by atoms with van der Waals surface area (Å²) < 4.78 is 5.21. The number of hydrogen-bond acceptors (Lipinski definition) is 4. The molecule has 4 nitrogen and oxygen atoms in total. The quantitative estimate of drug-likeness (QED) is 0.803. The highest BCUT2D eigenvalue weighted by Gasteiger charge is 2.33. The SMILES string of the molecule is C[C@@H](OC(=O)C1CC1)C(=O)Nc1ccccc1Sc1ccccc1. The minimum atomic E-state index is -0.798. The Morgan fingerprint density at radius 1 is 1.08 bits per heavy atom. The lowest BCUT2D eigenvalue weighted by molar-refractivity contribution is -0.154. The van der Waals surface area contributed by atoms with Gasteiger partial charge in [-0.1, -0.05) is 42.1 Å². The molecule has 5 heteroatoms. The predicted octanol–water partition coefficient (Wildman–Crippen LogP) is 4.12. The molecule has 1 aliphatic carbocycles. The second kappa shape index (κ2) is 7.53. The number of carbonyl (C=O) groups is 2. The zero-order chi connectivity index (χ0) is 16.9. The Morgan fingerprint density at radius 3 is 2.46 bits per heavy atom. The Labute approximate surface area is 145 Å². The van der Waals surface area contributed by atoms with Crippen molar-refractivity contribution >= 4 is 29.3 Å². The molecule has 2 aromatic carbocycles. The third kappa shape index (κ3) is 4.38. The van der Waals surface area contributed by atoms with Gasteiger partial charge in [-0.2, -0.15) is 0 Å². The van der Waals surface area contributed by atoms with E-state index in [9.17, 15) is 9.59 Å². The molecule has 1 atom stereocenters. The second-order valence-corrected chi connectivity index (χ2v) is 6.87. The first-order valence-corrected chi connectivity index (χ1v) is 8.78. The Bertz CT molecular complexity index is 728. The number of nitrogens with one attached hydrogen (secondary N) is 1. The molecule has 1 aliphatic rings. The Kier molecular flexibility index (Phi) is 5.20. The molecule has 1 fully saturated rings. The fourth-order valence-corrected chi connectivity index (χ4v) is 3.07. The minimum Gasteiger partial charge on any atom is -0.452 e. The molecule has 0 bridgehead atoms. The summed E-state index contributed by atoms with van der Waals surface area (Å²) in [5.74, 6) is -0.601.